The molecule has 1 aromatic heterocycles. The second kappa shape index (κ2) is 21.0. The first-order valence-electron chi connectivity index (χ1n) is 18.7. The molecule has 2 heterocycles. The van der Waals surface area contributed by atoms with Crippen molar-refractivity contribution in [1.82, 2.24) is 25.8 Å². The molecule has 1 aliphatic heterocycles. The number of thiocarbonyl (C=S) groups is 1. The summed E-state index contributed by atoms with van der Waals surface area (Å²) < 4.78 is 6.82. The topological polar surface area (TPSA) is 191 Å². The third-order valence-corrected chi connectivity index (χ3v) is 10.8. The molecular weight excluding hydrogens is 745 g/mol. The maximum atomic E-state index is 14.0. The molecule has 0 radical (unpaired) electrons. The molecule has 3 atom stereocenters. The largest absolute Gasteiger partial charge is 0.459 e. The number of aliphatic hydroxyl groups is 1. The highest BCUT2D eigenvalue weighted by Gasteiger charge is 2.48. The molecule has 55 heavy (non-hydrogen) atoms. The van der Waals surface area contributed by atoms with Crippen LogP contribution in [0.4, 0.5) is 5.82 Å². The van der Waals surface area contributed by atoms with E-state index in [-0.39, 0.29) is 69.1 Å². The van der Waals surface area contributed by atoms with E-state index in [1.807, 2.05) is 28.1 Å². The van der Waals surface area contributed by atoms with Gasteiger partial charge in [0.05, 0.1) is 38.2 Å². The highest BCUT2D eigenvalue weighted by Crippen LogP contribution is 2.45. The van der Waals surface area contributed by atoms with Gasteiger partial charge in [-0.2, -0.15) is 5.10 Å². The van der Waals surface area contributed by atoms with E-state index in [9.17, 15) is 29.1 Å². The van der Waals surface area contributed by atoms with E-state index in [4.69, 9.17) is 17.0 Å². The van der Waals surface area contributed by atoms with Crippen LogP contribution in [0, 0.1) is 16.2 Å². The number of aliphatic hydroxyl groups excluding tert-OH is 1. The average molecular weight is 808 g/mol. The van der Waals surface area contributed by atoms with Gasteiger partial charge in [-0.1, -0.05) is 44.8 Å². The van der Waals surface area contributed by atoms with Gasteiger partial charge in [0.2, 0.25) is 17.7 Å². The Hall–Kier alpha value is -3.67. The fourth-order valence-corrected chi connectivity index (χ4v) is 7.26. The zero-order valence-corrected chi connectivity index (χ0v) is 35.9. The van der Waals surface area contributed by atoms with Gasteiger partial charge in [-0.3, -0.25) is 34.3 Å². The predicted octanol–water partition coefficient (Wildman–Crippen LogP) is 3.33. The fourth-order valence-electron chi connectivity index (χ4n) is 6.06. The Labute approximate surface area is 336 Å². The number of aromatic nitrogens is 1. The summed E-state index contributed by atoms with van der Waals surface area (Å²) in [5, 5.41) is 22.6. The Bertz CT molecular complexity index is 1550. The summed E-state index contributed by atoms with van der Waals surface area (Å²) in [6.07, 6.45) is 1.93. The van der Waals surface area contributed by atoms with Crippen LogP contribution in [0.15, 0.2) is 23.4 Å². The molecule has 3 unspecified atom stereocenters. The molecule has 0 bridgehead atoms. The summed E-state index contributed by atoms with van der Waals surface area (Å²) in [6.45, 7) is 14.0. The molecule has 2 rings (SSSR count). The van der Waals surface area contributed by atoms with Crippen LogP contribution in [0.25, 0.3) is 0 Å². The van der Waals surface area contributed by atoms with Crippen LogP contribution >= 0.6 is 24.0 Å². The monoisotopic (exact) mass is 807 g/mol. The number of hydrogen-bond donors (Lipinski definition) is 5. The molecule has 0 saturated carbocycles. The van der Waals surface area contributed by atoms with E-state index in [1.54, 1.807) is 58.6 Å². The summed E-state index contributed by atoms with van der Waals surface area (Å²) in [6, 6.07) is 3.31. The number of nitrogens with one attached hydrogen (secondary N) is 4. The number of hydrogen-bond acceptors (Lipinski definition) is 12. The van der Waals surface area contributed by atoms with E-state index in [2.05, 4.69) is 31.5 Å². The molecule has 15 nitrogen and oxygen atoms in total. The number of amides is 4. The lowest BCUT2D eigenvalue weighted by Gasteiger charge is -2.41. The fraction of sp³-hybridized carbons (Fsp3) is 0.684. The number of carbonyl (C=O) groups is 5. The molecule has 4 amide bonds. The normalized spacial score (nSPS) is 16.4. The van der Waals surface area contributed by atoms with Crippen molar-refractivity contribution in [2.45, 2.75) is 86.7 Å². The lowest BCUT2D eigenvalue weighted by atomic mass is 9.64. The summed E-state index contributed by atoms with van der Waals surface area (Å²) in [4.78, 5) is 71.7. The van der Waals surface area contributed by atoms with E-state index < -0.39 is 28.3 Å². The molecule has 1 aromatic rings. The van der Waals surface area contributed by atoms with Crippen molar-refractivity contribution < 1.29 is 38.3 Å². The van der Waals surface area contributed by atoms with Gasteiger partial charge in [0.15, 0.2) is 0 Å². The first-order chi connectivity index (χ1) is 25.5. The van der Waals surface area contributed by atoms with Crippen LogP contribution in [0.5, 0.6) is 0 Å². The number of thioether (sulfide) groups is 1. The summed E-state index contributed by atoms with van der Waals surface area (Å²) >= 11 is 6.71. The third-order valence-electron chi connectivity index (χ3n) is 9.42. The van der Waals surface area contributed by atoms with Crippen LogP contribution in [0.2, 0.25) is 0 Å². The highest BCUT2D eigenvalue weighted by molar-refractivity contribution is 8.23. The maximum Gasteiger partial charge on any atom is 0.311 e. The quantitative estimate of drug-likeness (QED) is 0.0289. The lowest BCUT2D eigenvalue weighted by molar-refractivity contribution is -0.870. The second-order valence-corrected chi connectivity index (χ2v) is 18.2. The Morgan fingerprint density at radius 2 is 1.67 bits per heavy atom. The van der Waals surface area contributed by atoms with Crippen LogP contribution < -0.4 is 21.4 Å². The minimum atomic E-state index is -1.18. The molecule has 5 N–H and O–H groups in total. The SMILES string of the molecule is CCC(C)(CC(C)(CC(C)(C)C(=O)OCC[N+](C)(C)C)C(=O)NCCNC(=O)CCC(C)=NNc1ccc(C(=O)N2CCSC2=S)cn1)C(=O)NCC(C)O. The van der Waals surface area contributed by atoms with Crippen molar-refractivity contribution in [3.8, 4) is 0 Å². The number of hydrazone groups is 1. The number of nitrogens with zero attached hydrogens (tertiary/aromatic N) is 4. The Morgan fingerprint density at radius 3 is 2.24 bits per heavy atom. The molecule has 0 aliphatic carbocycles. The van der Waals surface area contributed by atoms with E-state index in [1.165, 1.54) is 18.0 Å². The number of ether oxygens (including phenoxy) is 1. The number of esters is 1. The predicted molar refractivity (Wildman–Crippen MR) is 220 cm³/mol. The van der Waals surface area contributed by atoms with Crippen molar-refractivity contribution in [1.29, 1.82) is 0 Å². The van der Waals surface area contributed by atoms with Crippen molar-refractivity contribution in [2.24, 2.45) is 21.3 Å². The van der Waals surface area contributed by atoms with Crippen molar-refractivity contribution >= 4 is 69.4 Å². The average Bonchev–Trinajstić information content (AvgIpc) is 3.54. The third kappa shape index (κ3) is 15.8. The molecular formula is C38H63N8O7S2+. The van der Waals surface area contributed by atoms with Gasteiger partial charge in [-0.05, 0) is 65.5 Å². The van der Waals surface area contributed by atoms with Gasteiger partial charge in [-0.15, -0.1) is 0 Å². The number of pyridine rings is 1. The number of quaternary nitrogens is 1. The molecule has 0 aromatic carbocycles. The molecule has 1 aliphatic rings. The van der Waals surface area contributed by atoms with Crippen LogP contribution in [-0.2, 0) is 23.9 Å². The second-order valence-electron chi connectivity index (χ2n) is 16.5. The van der Waals surface area contributed by atoms with Crippen molar-refractivity contribution in [3.05, 3.63) is 23.9 Å². The van der Waals surface area contributed by atoms with Gasteiger partial charge >= 0.3 is 5.97 Å². The molecule has 17 heteroatoms. The van der Waals surface area contributed by atoms with Crippen LogP contribution in [0.3, 0.4) is 0 Å². The summed E-state index contributed by atoms with van der Waals surface area (Å²) in [7, 11) is 6.01. The number of carbonyl (C=O) groups excluding carboxylic acids is 5. The lowest BCUT2D eigenvalue weighted by Crippen LogP contribution is -2.51. The van der Waals surface area contributed by atoms with Gasteiger partial charge in [-0.25, -0.2) is 4.98 Å². The minimum absolute atomic E-state index is 0.0753. The molecule has 1 fully saturated rings. The zero-order valence-electron chi connectivity index (χ0n) is 34.3. The first-order valence-corrected chi connectivity index (χ1v) is 20.1. The highest BCUT2D eigenvalue weighted by atomic mass is 32.2. The molecule has 308 valence electrons. The smallest absolute Gasteiger partial charge is 0.311 e. The maximum absolute atomic E-state index is 14.0. The van der Waals surface area contributed by atoms with E-state index >= 15 is 0 Å². The Kier molecular flexibility index (Phi) is 18.1. The van der Waals surface area contributed by atoms with Crippen molar-refractivity contribution in [2.75, 3.05) is 71.7 Å². The summed E-state index contributed by atoms with van der Waals surface area (Å²) in [5.41, 5.74) is 0.733. The minimum Gasteiger partial charge on any atom is -0.459 e. The summed E-state index contributed by atoms with van der Waals surface area (Å²) in [5.74, 6) is -0.252. The van der Waals surface area contributed by atoms with Crippen molar-refractivity contribution in [3.63, 3.8) is 0 Å². The number of anilines is 1. The Morgan fingerprint density at radius 1 is 1.02 bits per heavy atom. The first kappa shape index (κ1) is 47.5. The molecule has 0 spiro atoms. The van der Waals surface area contributed by atoms with E-state index in [0.717, 1.165) is 5.75 Å². The zero-order chi connectivity index (χ0) is 41.6. The molecule has 1 saturated heterocycles. The number of likely N-dealkylation sites (N-methyl/N-ethyl adjacent to an activating group) is 1. The van der Waals surface area contributed by atoms with Gasteiger partial charge < -0.3 is 30.3 Å². The van der Waals surface area contributed by atoms with Gasteiger partial charge in [0.1, 0.15) is 23.3 Å². The van der Waals surface area contributed by atoms with E-state index in [0.29, 0.717) is 51.8 Å². The Balaban J connectivity index is 1.98. The number of rotatable bonds is 22. The van der Waals surface area contributed by atoms with Crippen LogP contribution in [0.1, 0.15) is 90.9 Å². The van der Waals surface area contributed by atoms with Gasteiger partial charge in [0, 0.05) is 61.1 Å². The standard InChI is InChI=1S/C38H62N8O7S2/c1-11-37(6,32(50)42-22-27(3)47)25-38(7,24-36(4,5)34(52)53-20-19-46(8,9)10)33(51)40-17-16-39-30(48)15-12-26(2)43-44-29-14-13-28(23-41-29)31(49)45-18-21-55-35(45)54/h13-14,23,27,47H,11-12,15-22,24-25H2,1-10H3,(H3-,39,40,41,42,44,48,49,50,51)/p+1. The van der Waals surface area contributed by atoms with Crippen LogP contribution in [-0.4, -0.2) is 131 Å². The van der Waals surface area contributed by atoms with Gasteiger partial charge in [0.25, 0.3) is 5.91 Å².